The molecule has 0 radical (unpaired) electrons. The molecule has 72 valence electrons. The summed E-state index contributed by atoms with van der Waals surface area (Å²) in [5.41, 5.74) is 0. The highest BCUT2D eigenvalue weighted by Gasteiger charge is 2.20. The summed E-state index contributed by atoms with van der Waals surface area (Å²) < 4.78 is 0. The average molecular weight is 180 g/mol. The fourth-order valence-corrected chi connectivity index (χ4v) is 1.91. The maximum Gasteiger partial charge on any atom is 0.0941 e. The number of hydrogen-bond acceptors (Lipinski definition) is 3. The van der Waals surface area contributed by atoms with Crippen LogP contribution < -0.4 is 5.32 Å². The lowest BCUT2D eigenvalue weighted by molar-refractivity contribution is 0.187. The van der Waals surface area contributed by atoms with E-state index in [9.17, 15) is 5.11 Å². The summed E-state index contributed by atoms with van der Waals surface area (Å²) in [6.07, 6.45) is 6.67. The van der Waals surface area contributed by atoms with E-state index in [2.05, 4.69) is 16.3 Å². The molecule has 1 heterocycles. The van der Waals surface area contributed by atoms with E-state index in [4.69, 9.17) is 0 Å². The normalized spacial score (nSPS) is 30.2. The van der Waals surface area contributed by atoms with Gasteiger partial charge in [0.25, 0.3) is 0 Å². The molecular formula is C10H16N2O. The van der Waals surface area contributed by atoms with E-state index in [1.54, 1.807) is 6.08 Å². The van der Waals surface area contributed by atoms with Gasteiger partial charge in [0.2, 0.25) is 0 Å². The van der Waals surface area contributed by atoms with Gasteiger partial charge in [-0.2, -0.15) is 0 Å². The van der Waals surface area contributed by atoms with Crippen molar-refractivity contribution in [3.05, 3.63) is 24.0 Å². The Hall–Kier alpha value is -0.800. The Morgan fingerprint density at radius 3 is 2.85 bits per heavy atom. The molecule has 3 nitrogen and oxygen atoms in total. The van der Waals surface area contributed by atoms with E-state index in [1.165, 1.54) is 0 Å². The molecule has 1 saturated heterocycles. The lowest BCUT2D eigenvalue weighted by Crippen LogP contribution is -2.48. The first-order valence-corrected chi connectivity index (χ1v) is 4.87. The van der Waals surface area contributed by atoms with Crippen LogP contribution >= 0.6 is 0 Å². The highest BCUT2D eigenvalue weighted by atomic mass is 16.3. The molecule has 0 spiro atoms. The largest absolute Gasteiger partial charge is 0.512 e. The van der Waals surface area contributed by atoms with Crippen molar-refractivity contribution in [2.75, 3.05) is 26.2 Å². The summed E-state index contributed by atoms with van der Waals surface area (Å²) in [5, 5.41) is 12.7. The van der Waals surface area contributed by atoms with Gasteiger partial charge in [0, 0.05) is 38.6 Å². The van der Waals surface area contributed by atoms with Crippen LogP contribution in [0.2, 0.25) is 0 Å². The Labute approximate surface area is 78.7 Å². The number of nitrogens with zero attached hydrogens (tertiary/aromatic N) is 1. The van der Waals surface area contributed by atoms with Gasteiger partial charge in [0.15, 0.2) is 0 Å². The van der Waals surface area contributed by atoms with Crippen molar-refractivity contribution in [2.24, 2.45) is 0 Å². The topological polar surface area (TPSA) is 35.5 Å². The van der Waals surface area contributed by atoms with Crippen molar-refractivity contribution < 1.29 is 5.11 Å². The van der Waals surface area contributed by atoms with Crippen molar-refractivity contribution in [2.45, 2.75) is 12.5 Å². The molecule has 3 heteroatoms. The minimum Gasteiger partial charge on any atom is -0.512 e. The smallest absolute Gasteiger partial charge is 0.0941 e. The molecule has 0 bridgehead atoms. The maximum absolute atomic E-state index is 9.38. The summed E-state index contributed by atoms with van der Waals surface area (Å²) >= 11 is 0. The molecule has 1 aliphatic heterocycles. The SMILES string of the molecule is OC1=CC=CC(N2CCNCC2)C1. The van der Waals surface area contributed by atoms with Gasteiger partial charge in [0.05, 0.1) is 5.76 Å². The maximum atomic E-state index is 9.38. The Kier molecular flexibility index (Phi) is 2.66. The second kappa shape index (κ2) is 3.94. The number of aliphatic hydroxyl groups excluding tert-OH is 1. The monoisotopic (exact) mass is 180 g/mol. The Morgan fingerprint density at radius 1 is 1.38 bits per heavy atom. The predicted molar refractivity (Wildman–Crippen MR) is 52.7 cm³/mol. The Morgan fingerprint density at radius 2 is 2.15 bits per heavy atom. The Bertz CT molecular complexity index is 229. The van der Waals surface area contributed by atoms with Gasteiger partial charge >= 0.3 is 0 Å². The van der Waals surface area contributed by atoms with Crippen LogP contribution in [0.3, 0.4) is 0 Å². The molecule has 0 aromatic rings. The van der Waals surface area contributed by atoms with E-state index < -0.39 is 0 Å². The minimum absolute atomic E-state index is 0.409. The molecule has 0 amide bonds. The van der Waals surface area contributed by atoms with Crippen LogP contribution in [0.15, 0.2) is 24.0 Å². The lowest BCUT2D eigenvalue weighted by atomic mass is 10.1. The fourth-order valence-electron chi connectivity index (χ4n) is 1.91. The molecule has 1 unspecified atom stereocenters. The standard InChI is InChI=1S/C10H16N2O/c13-10-3-1-2-9(8-10)12-6-4-11-5-7-12/h1-3,9,11,13H,4-8H2. The number of aliphatic hydroxyl groups is 1. The van der Waals surface area contributed by atoms with Gasteiger partial charge in [0.1, 0.15) is 0 Å². The van der Waals surface area contributed by atoms with Gasteiger partial charge in [-0.1, -0.05) is 12.2 Å². The van der Waals surface area contributed by atoms with E-state index in [0.29, 0.717) is 11.8 Å². The highest BCUT2D eigenvalue weighted by molar-refractivity contribution is 5.17. The summed E-state index contributed by atoms with van der Waals surface area (Å²) in [6, 6.07) is 0.409. The van der Waals surface area contributed by atoms with Crippen LogP contribution in [0.5, 0.6) is 0 Å². The first kappa shape index (κ1) is 8.78. The van der Waals surface area contributed by atoms with Crippen LogP contribution in [0.1, 0.15) is 6.42 Å². The van der Waals surface area contributed by atoms with E-state index in [-0.39, 0.29) is 0 Å². The first-order chi connectivity index (χ1) is 6.36. The third-order valence-electron chi connectivity index (χ3n) is 2.66. The van der Waals surface area contributed by atoms with E-state index in [0.717, 1.165) is 32.6 Å². The number of hydrogen-bond donors (Lipinski definition) is 2. The lowest BCUT2D eigenvalue weighted by Gasteiger charge is -2.33. The van der Waals surface area contributed by atoms with Crippen molar-refractivity contribution in [1.29, 1.82) is 0 Å². The van der Waals surface area contributed by atoms with Gasteiger partial charge < -0.3 is 10.4 Å². The fraction of sp³-hybridized carbons (Fsp3) is 0.600. The number of piperazine rings is 1. The zero-order valence-electron chi connectivity index (χ0n) is 7.74. The molecule has 1 fully saturated rings. The summed E-state index contributed by atoms with van der Waals surface area (Å²) in [7, 11) is 0. The molecule has 2 rings (SSSR count). The molecule has 2 aliphatic rings. The van der Waals surface area contributed by atoms with Gasteiger partial charge in [-0.05, 0) is 6.08 Å². The molecule has 1 atom stereocenters. The van der Waals surface area contributed by atoms with Crippen molar-refractivity contribution in [3.8, 4) is 0 Å². The van der Waals surface area contributed by atoms with Gasteiger partial charge in [-0.25, -0.2) is 0 Å². The quantitative estimate of drug-likeness (QED) is 0.622. The molecule has 2 N–H and O–H groups in total. The van der Waals surface area contributed by atoms with Crippen LogP contribution in [-0.4, -0.2) is 42.2 Å². The van der Waals surface area contributed by atoms with Gasteiger partial charge in [-0.15, -0.1) is 0 Å². The highest BCUT2D eigenvalue weighted by Crippen LogP contribution is 2.16. The predicted octanol–water partition coefficient (Wildman–Crippen LogP) is 0.662. The van der Waals surface area contributed by atoms with E-state index in [1.807, 2.05) is 6.08 Å². The third kappa shape index (κ3) is 2.11. The molecule has 0 aromatic heterocycles. The molecule has 0 saturated carbocycles. The number of rotatable bonds is 1. The zero-order chi connectivity index (χ0) is 9.10. The zero-order valence-corrected chi connectivity index (χ0v) is 7.74. The third-order valence-corrected chi connectivity index (χ3v) is 2.66. The summed E-state index contributed by atoms with van der Waals surface area (Å²) in [4.78, 5) is 2.41. The van der Waals surface area contributed by atoms with Crippen LogP contribution in [0.4, 0.5) is 0 Å². The van der Waals surface area contributed by atoms with E-state index >= 15 is 0 Å². The van der Waals surface area contributed by atoms with Gasteiger partial charge in [-0.3, -0.25) is 4.90 Å². The second-order valence-corrected chi connectivity index (χ2v) is 3.60. The molecule has 1 aliphatic carbocycles. The molecule has 13 heavy (non-hydrogen) atoms. The Balaban J connectivity index is 1.93. The number of allylic oxidation sites excluding steroid dienone is 2. The van der Waals surface area contributed by atoms with Crippen LogP contribution in [-0.2, 0) is 0 Å². The van der Waals surface area contributed by atoms with Crippen molar-refractivity contribution in [3.63, 3.8) is 0 Å². The van der Waals surface area contributed by atoms with Crippen molar-refractivity contribution in [1.82, 2.24) is 10.2 Å². The average Bonchev–Trinajstić information content (AvgIpc) is 2.19. The van der Waals surface area contributed by atoms with Crippen LogP contribution in [0, 0.1) is 0 Å². The first-order valence-electron chi connectivity index (χ1n) is 4.87. The minimum atomic E-state index is 0.409. The van der Waals surface area contributed by atoms with Crippen LogP contribution in [0.25, 0.3) is 0 Å². The molecular weight excluding hydrogens is 164 g/mol. The summed E-state index contributed by atoms with van der Waals surface area (Å²) in [6.45, 7) is 4.30. The summed E-state index contributed by atoms with van der Waals surface area (Å²) in [5.74, 6) is 0.506. The number of nitrogens with one attached hydrogen (secondary N) is 1. The van der Waals surface area contributed by atoms with Crippen molar-refractivity contribution >= 4 is 0 Å². The molecule has 0 aromatic carbocycles. The second-order valence-electron chi connectivity index (χ2n) is 3.60.